The first-order valence-electron chi connectivity index (χ1n) is 10.6. The molecule has 1 amide bonds. The van der Waals surface area contributed by atoms with Crippen LogP contribution in [-0.4, -0.2) is 69.0 Å². The summed E-state index contributed by atoms with van der Waals surface area (Å²) in [5, 5.41) is 1.28. The number of unbranched alkanes of at least 4 members (excludes halogenated alkanes) is 1. The van der Waals surface area contributed by atoms with Gasteiger partial charge in [-0.05, 0) is 70.7 Å². The largest absolute Gasteiger partial charge is 0.353 e. The van der Waals surface area contributed by atoms with Gasteiger partial charge in [0, 0.05) is 38.1 Å². The fraction of sp³-hybridized carbons (Fsp3) is 0.636. The van der Waals surface area contributed by atoms with Gasteiger partial charge in [0.15, 0.2) is 0 Å². The van der Waals surface area contributed by atoms with Crippen molar-refractivity contribution in [2.75, 3.05) is 44.2 Å². The molecule has 1 aromatic carbocycles. The van der Waals surface area contributed by atoms with E-state index in [-0.39, 0.29) is 27.9 Å². The highest BCUT2D eigenvalue weighted by Gasteiger charge is 2.50. The highest BCUT2D eigenvalue weighted by Crippen LogP contribution is 2.47. The van der Waals surface area contributed by atoms with E-state index in [0.29, 0.717) is 0 Å². The second kappa shape index (κ2) is 9.23. The first kappa shape index (κ1) is 23.6. The monoisotopic (exact) mass is 468 g/mol. The van der Waals surface area contributed by atoms with Gasteiger partial charge in [-0.15, -0.1) is 24.2 Å². The summed E-state index contributed by atoms with van der Waals surface area (Å²) in [6, 6.07) is 8.52. The van der Waals surface area contributed by atoms with Crippen molar-refractivity contribution in [3.8, 4) is 0 Å². The number of halogens is 1. The molecule has 0 unspecified atom stereocenters. The normalized spacial score (nSPS) is 21.3. The summed E-state index contributed by atoms with van der Waals surface area (Å²) in [4.78, 5) is 19.6. The number of aromatic nitrogens is 1. The minimum absolute atomic E-state index is 0. The lowest BCUT2D eigenvalue weighted by Gasteiger charge is -2.35. The van der Waals surface area contributed by atoms with Gasteiger partial charge in [0.25, 0.3) is 0 Å². The molecule has 0 bridgehead atoms. The maximum absolute atomic E-state index is 12.7. The standard InChI is InChI=1S/C22H32N4OS2.ClH/c1-21(2)20(27)26(22(3,4)29-21)12-8-7-11-24-13-15-25(16-14-24)19-17-9-5-6-10-18(17)28-23-19;/h5-6,9-10H,7-8,11-16H2,1-4H3;1H. The number of piperazine rings is 1. The van der Waals surface area contributed by atoms with Gasteiger partial charge in [-0.1, -0.05) is 12.1 Å². The van der Waals surface area contributed by atoms with Crippen molar-refractivity contribution in [2.45, 2.75) is 50.2 Å². The number of hydrogen-bond acceptors (Lipinski definition) is 6. The van der Waals surface area contributed by atoms with Crippen molar-refractivity contribution in [2.24, 2.45) is 0 Å². The lowest BCUT2D eigenvalue weighted by Crippen LogP contribution is -2.47. The van der Waals surface area contributed by atoms with Crippen molar-refractivity contribution >= 4 is 57.5 Å². The van der Waals surface area contributed by atoms with E-state index < -0.39 is 0 Å². The molecule has 3 heterocycles. The molecule has 2 aliphatic heterocycles. The molecule has 0 spiro atoms. The van der Waals surface area contributed by atoms with Crippen LogP contribution in [0, 0.1) is 0 Å². The summed E-state index contributed by atoms with van der Waals surface area (Å²) < 4.78 is 5.68. The molecule has 2 aromatic rings. The van der Waals surface area contributed by atoms with Gasteiger partial charge in [0.05, 0.1) is 14.3 Å². The third kappa shape index (κ3) is 4.74. The number of fused-ring (bicyclic) bond motifs is 1. The lowest BCUT2D eigenvalue weighted by atomic mass is 10.1. The zero-order valence-electron chi connectivity index (χ0n) is 18.4. The first-order valence-corrected chi connectivity index (χ1v) is 12.2. The number of thioether (sulfide) groups is 1. The summed E-state index contributed by atoms with van der Waals surface area (Å²) in [5.74, 6) is 1.44. The molecule has 2 fully saturated rings. The van der Waals surface area contributed by atoms with Gasteiger partial charge in [-0.3, -0.25) is 9.69 Å². The zero-order chi connectivity index (χ0) is 20.6. The number of hydrogen-bond donors (Lipinski definition) is 0. The molecule has 0 atom stereocenters. The van der Waals surface area contributed by atoms with Crippen LogP contribution in [0.1, 0.15) is 40.5 Å². The third-order valence-electron chi connectivity index (χ3n) is 6.05. The average molecular weight is 469 g/mol. The fourth-order valence-corrected chi connectivity index (χ4v) is 7.08. The Bertz CT molecular complexity index is 877. The van der Waals surface area contributed by atoms with Crippen LogP contribution in [0.2, 0.25) is 0 Å². The highest BCUT2D eigenvalue weighted by atomic mass is 35.5. The Balaban J connectivity index is 0.00000256. The maximum atomic E-state index is 12.7. The third-order valence-corrected chi connectivity index (χ3v) is 8.27. The van der Waals surface area contributed by atoms with E-state index in [2.05, 4.69) is 52.8 Å². The fourth-order valence-electron chi connectivity index (χ4n) is 4.55. The van der Waals surface area contributed by atoms with E-state index in [4.69, 9.17) is 4.37 Å². The molecule has 2 saturated heterocycles. The predicted molar refractivity (Wildman–Crippen MR) is 132 cm³/mol. The maximum Gasteiger partial charge on any atom is 0.239 e. The topological polar surface area (TPSA) is 39.7 Å². The average Bonchev–Trinajstić information content (AvgIpc) is 3.17. The second-order valence-corrected chi connectivity index (χ2v) is 12.1. The highest BCUT2D eigenvalue weighted by molar-refractivity contribution is 8.03. The van der Waals surface area contributed by atoms with E-state index in [1.807, 2.05) is 13.8 Å². The molecule has 0 saturated carbocycles. The second-order valence-electron chi connectivity index (χ2n) is 9.05. The van der Waals surface area contributed by atoms with Crippen molar-refractivity contribution < 1.29 is 4.79 Å². The molecular formula is C22H33ClN4OS2. The van der Waals surface area contributed by atoms with E-state index in [0.717, 1.165) is 57.9 Å². The van der Waals surface area contributed by atoms with E-state index in [1.54, 1.807) is 23.3 Å². The quantitative estimate of drug-likeness (QED) is 0.574. The van der Waals surface area contributed by atoms with Gasteiger partial charge < -0.3 is 9.80 Å². The minimum Gasteiger partial charge on any atom is -0.353 e. The first-order chi connectivity index (χ1) is 13.8. The Morgan fingerprint density at radius 2 is 1.67 bits per heavy atom. The van der Waals surface area contributed by atoms with Crippen LogP contribution < -0.4 is 4.90 Å². The van der Waals surface area contributed by atoms with Crippen LogP contribution in [0.5, 0.6) is 0 Å². The van der Waals surface area contributed by atoms with E-state index in [9.17, 15) is 4.79 Å². The van der Waals surface area contributed by atoms with Crippen molar-refractivity contribution in [3.05, 3.63) is 24.3 Å². The van der Waals surface area contributed by atoms with Gasteiger partial charge >= 0.3 is 0 Å². The molecule has 0 radical (unpaired) electrons. The Labute approximate surface area is 194 Å². The Morgan fingerprint density at radius 1 is 1.00 bits per heavy atom. The predicted octanol–water partition coefficient (Wildman–Crippen LogP) is 4.71. The van der Waals surface area contributed by atoms with Crippen LogP contribution in [-0.2, 0) is 4.79 Å². The van der Waals surface area contributed by atoms with Gasteiger partial charge in [0.1, 0.15) is 5.82 Å². The number of rotatable bonds is 6. The van der Waals surface area contributed by atoms with E-state index >= 15 is 0 Å². The molecule has 30 heavy (non-hydrogen) atoms. The Morgan fingerprint density at radius 3 is 2.33 bits per heavy atom. The summed E-state index contributed by atoms with van der Waals surface area (Å²) in [6.45, 7) is 14.7. The van der Waals surface area contributed by atoms with Crippen molar-refractivity contribution in [1.29, 1.82) is 0 Å². The number of carbonyl (C=O) groups is 1. The number of carbonyl (C=O) groups excluding carboxylic acids is 1. The molecule has 2 aliphatic rings. The van der Waals surface area contributed by atoms with Gasteiger partial charge in [0.2, 0.25) is 5.91 Å². The SMILES string of the molecule is CC1(C)SC(C)(C)N(CCCCN2CCN(c3nsc4ccccc34)CC2)C1=O.Cl. The van der Waals surface area contributed by atoms with Gasteiger partial charge in [-0.2, -0.15) is 4.37 Å². The van der Waals surface area contributed by atoms with E-state index in [1.165, 1.54) is 10.1 Å². The molecule has 5 nitrogen and oxygen atoms in total. The number of anilines is 1. The molecule has 166 valence electrons. The summed E-state index contributed by atoms with van der Waals surface area (Å²) >= 11 is 3.38. The number of benzene rings is 1. The van der Waals surface area contributed by atoms with Crippen molar-refractivity contribution in [3.63, 3.8) is 0 Å². The molecule has 0 N–H and O–H groups in total. The van der Waals surface area contributed by atoms with Crippen molar-refractivity contribution in [1.82, 2.24) is 14.2 Å². The smallest absolute Gasteiger partial charge is 0.239 e. The molecule has 1 aromatic heterocycles. The Kier molecular flexibility index (Phi) is 7.27. The van der Waals surface area contributed by atoms with Crippen LogP contribution >= 0.6 is 35.7 Å². The molecular weight excluding hydrogens is 436 g/mol. The van der Waals surface area contributed by atoms with Gasteiger partial charge in [-0.25, -0.2) is 0 Å². The van der Waals surface area contributed by atoms with Crippen LogP contribution in [0.25, 0.3) is 10.1 Å². The van der Waals surface area contributed by atoms with Crippen LogP contribution in [0.15, 0.2) is 24.3 Å². The van der Waals surface area contributed by atoms with Crippen LogP contribution in [0.4, 0.5) is 5.82 Å². The number of amides is 1. The Hall–Kier alpha value is -1.02. The minimum atomic E-state index is -0.292. The lowest BCUT2D eigenvalue weighted by molar-refractivity contribution is -0.133. The zero-order valence-corrected chi connectivity index (χ0v) is 20.8. The summed E-state index contributed by atoms with van der Waals surface area (Å²) in [7, 11) is 0. The molecule has 4 rings (SSSR count). The summed E-state index contributed by atoms with van der Waals surface area (Å²) in [5.41, 5.74) is 0. The summed E-state index contributed by atoms with van der Waals surface area (Å²) in [6.07, 6.45) is 2.22. The number of nitrogens with zero attached hydrogens (tertiary/aromatic N) is 4. The van der Waals surface area contributed by atoms with Crippen LogP contribution in [0.3, 0.4) is 0 Å². The molecule has 8 heteroatoms. The molecule has 0 aliphatic carbocycles.